The fourth-order valence-electron chi connectivity index (χ4n) is 26.7. The van der Waals surface area contributed by atoms with Crippen LogP contribution in [0.3, 0.4) is 0 Å². The van der Waals surface area contributed by atoms with E-state index in [9.17, 15) is 4.79 Å². The van der Waals surface area contributed by atoms with E-state index in [1.54, 1.807) is 27.8 Å². The molecule has 6 aromatic carbocycles. The van der Waals surface area contributed by atoms with E-state index in [1.165, 1.54) is 274 Å². The van der Waals surface area contributed by atoms with Crippen molar-refractivity contribution in [3.05, 3.63) is 191 Å². The number of benzene rings is 6. The van der Waals surface area contributed by atoms with Crippen LogP contribution in [0.5, 0.6) is 0 Å². The van der Waals surface area contributed by atoms with Gasteiger partial charge in [-0.05, 0) is 298 Å². The molecule has 6 aliphatic carbocycles. The number of carbonyl (C=O) groups is 1. The predicted molar refractivity (Wildman–Crippen MR) is 527 cm³/mol. The molecule has 680 valence electrons. The summed E-state index contributed by atoms with van der Waals surface area (Å²) in [5.74, 6) is 5.71. The van der Waals surface area contributed by atoms with Gasteiger partial charge in [0.2, 0.25) is 5.91 Å². The lowest BCUT2D eigenvalue weighted by Crippen LogP contribution is -2.51. The summed E-state index contributed by atoms with van der Waals surface area (Å²) in [5, 5.41) is 7.01. The van der Waals surface area contributed by atoms with E-state index >= 15 is 0 Å². The van der Waals surface area contributed by atoms with Gasteiger partial charge in [-0.25, -0.2) is 0 Å². The molecule has 12 aliphatic heterocycles. The van der Waals surface area contributed by atoms with Gasteiger partial charge in [0, 0.05) is 249 Å². The first-order valence-electron chi connectivity index (χ1n) is 51.3. The van der Waals surface area contributed by atoms with Crippen LogP contribution >= 0.6 is 0 Å². The highest BCUT2D eigenvalue weighted by molar-refractivity contribution is 5.94. The third kappa shape index (κ3) is 18.0. The zero-order chi connectivity index (χ0) is 86.5. The predicted octanol–water partition coefficient (Wildman–Crippen LogP) is 16.1. The molecule has 0 spiro atoms. The molecular weight excluding hydrogens is 1550 g/mol. The highest BCUT2D eigenvalue weighted by atomic mass is 16.2. The second-order valence-corrected chi connectivity index (χ2v) is 42.8. The lowest BCUT2D eigenvalue weighted by atomic mass is 9.94. The van der Waals surface area contributed by atoms with Gasteiger partial charge >= 0.3 is 0 Å². The quantitative estimate of drug-likeness (QED) is 0.0755. The zero-order valence-corrected chi connectivity index (χ0v) is 79.3. The number of hydrogen-bond donors (Lipinski definition) is 2. The molecule has 18 fully saturated rings. The normalized spacial score (nSPS) is 33.6. The molecule has 14 atom stereocenters. The largest absolute Gasteiger partial charge is 0.372 e. The molecular formula is C110H159N15O. The molecule has 18 aliphatic rings. The van der Waals surface area contributed by atoms with Gasteiger partial charge in [0.25, 0.3) is 0 Å². The van der Waals surface area contributed by atoms with Crippen LogP contribution < -0.4 is 40.0 Å². The van der Waals surface area contributed by atoms with Gasteiger partial charge in [0.15, 0.2) is 0 Å². The number of likely N-dealkylation sites (tertiary alicyclic amines) is 4. The molecule has 12 heterocycles. The summed E-state index contributed by atoms with van der Waals surface area (Å²) >= 11 is 0. The number of fused-ring (bicyclic) bond motifs is 6. The highest BCUT2D eigenvalue weighted by Crippen LogP contribution is 2.63. The average Bonchev–Trinajstić information content (AvgIpc) is 1.59. The van der Waals surface area contributed by atoms with E-state index in [4.69, 9.17) is 0 Å². The summed E-state index contributed by atoms with van der Waals surface area (Å²) in [4.78, 5) is 44.8. The van der Waals surface area contributed by atoms with Crippen molar-refractivity contribution >= 4 is 40.0 Å². The Morgan fingerprint density at radius 2 is 0.651 bits per heavy atom. The molecule has 2 N–H and O–H groups in total. The van der Waals surface area contributed by atoms with Crippen molar-refractivity contribution in [2.75, 3.05) is 252 Å². The van der Waals surface area contributed by atoms with E-state index in [1.807, 2.05) is 4.90 Å². The monoisotopic (exact) mass is 1710 g/mol. The number of hydrogen-bond acceptors (Lipinski definition) is 15. The van der Waals surface area contributed by atoms with Crippen molar-refractivity contribution in [3.63, 3.8) is 0 Å². The molecule has 126 heavy (non-hydrogen) atoms. The Kier molecular flexibility index (Phi) is 26.3. The Labute approximate surface area is 760 Å². The van der Waals surface area contributed by atoms with Gasteiger partial charge in [-0.3, -0.25) is 14.6 Å². The first-order chi connectivity index (χ1) is 61.5. The molecule has 12 saturated heterocycles. The second kappa shape index (κ2) is 37.4. The summed E-state index contributed by atoms with van der Waals surface area (Å²) in [6, 6.07) is 57.8. The maximum Gasteiger partial charge on any atom is 0.226 e. The number of likely N-dealkylation sites (N-methyl/N-ethyl adjacent to an activating group) is 7. The van der Waals surface area contributed by atoms with E-state index in [0.29, 0.717) is 51.0 Å². The van der Waals surface area contributed by atoms with Crippen LogP contribution in [0.2, 0.25) is 0 Å². The average molecular weight is 1710 g/mol. The summed E-state index contributed by atoms with van der Waals surface area (Å²) in [6.45, 7) is 65.7. The van der Waals surface area contributed by atoms with Crippen LogP contribution in [0, 0.1) is 35.5 Å². The first kappa shape index (κ1) is 88.4. The number of nitrogens with zero attached hydrogens (tertiary/aromatic N) is 13. The van der Waals surface area contributed by atoms with Crippen molar-refractivity contribution in [1.29, 1.82) is 0 Å². The fraction of sp³-hybridized carbons (Fsp3) is 0.645. The third-order valence-electron chi connectivity index (χ3n) is 35.8. The van der Waals surface area contributed by atoms with Gasteiger partial charge in [0.1, 0.15) is 0 Å². The van der Waals surface area contributed by atoms with E-state index in [2.05, 4.69) is 284 Å². The Bertz CT molecular complexity index is 4620. The van der Waals surface area contributed by atoms with E-state index in [-0.39, 0.29) is 5.91 Å². The van der Waals surface area contributed by atoms with Crippen LogP contribution in [0.4, 0.5) is 34.1 Å². The number of piperazine rings is 3. The Morgan fingerprint density at radius 3 is 1.01 bits per heavy atom. The summed E-state index contributed by atoms with van der Waals surface area (Å²) in [5.41, 5.74) is 21.9. The van der Waals surface area contributed by atoms with Gasteiger partial charge in [0.05, 0.1) is 0 Å². The van der Waals surface area contributed by atoms with Gasteiger partial charge in [-0.1, -0.05) is 133 Å². The molecule has 14 unspecified atom stereocenters. The molecule has 6 aromatic rings. The number of rotatable bonds is 19. The number of nitrogens with one attached hydrogen (secondary N) is 2. The maximum atomic E-state index is 11.9. The molecule has 0 radical (unpaired) electrons. The smallest absolute Gasteiger partial charge is 0.226 e. The standard InChI is InChI=1S/2C20H31N3.C19H29N3.C19H26N2.C16H20N2O.C16H22N2/c1-4-21-14-18-12-20(18,15-21)17-6-8-19(9-7-17)23-11-10-22(5-2)16(3)13-23;1-4-21-10-11-23(16(3)13-21)19-8-6-17(7-9-19)20-12-18(20)14-22(5-2)15-20;1-3-20-9-11-22(12-10-20)18-7-5-16(6-8-18)19-13-17(19)14-21(4-2)15-19;1-3-20-13-17-12-19(17,14-20)16-4-6-18(7-5-16)21-10-8-15(2)9-11-21;19-15-3-1-2-8-18(15)14-6-4-12(5-7-14)16-9-13(16)10-17-11-16;1-2-8-18(9-3-1)15-6-4-13(5-7-15)16-10-14(16)11-17-12-16/h2*6-9,16,18H,4-5,10-15H2,1-3H3;5-8,17H,3-4,9-15H2,1-2H3;4-7,17H,2-3,8-14H2,1H3;4-7,13,17H,1-3,8-11H2;4-7,14,17H,1-3,8-12H2. The Hall–Kier alpha value is -6.83. The van der Waals surface area contributed by atoms with Crippen LogP contribution in [0.15, 0.2) is 158 Å². The van der Waals surface area contributed by atoms with E-state index < -0.39 is 0 Å². The topological polar surface area (TPSA) is 83.3 Å². The summed E-state index contributed by atoms with van der Waals surface area (Å²) in [6.07, 6.45) is 17.7. The van der Waals surface area contributed by atoms with Crippen molar-refractivity contribution in [2.45, 2.75) is 197 Å². The molecule has 0 bridgehead atoms. The number of amides is 1. The van der Waals surface area contributed by atoms with Crippen molar-refractivity contribution in [2.24, 2.45) is 35.5 Å². The Morgan fingerprint density at radius 1 is 0.302 bits per heavy atom. The fourth-order valence-corrected chi connectivity index (χ4v) is 26.7. The third-order valence-corrected chi connectivity index (χ3v) is 35.8. The number of anilines is 6. The molecule has 6 saturated carbocycles. The number of piperidine rings is 9. The van der Waals surface area contributed by atoms with Crippen molar-refractivity contribution in [1.82, 2.24) is 44.9 Å². The van der Waals surface area contributed by atoms with Crippen LogP contribution in [0.25, 0.3) is 0 Å². The zero-order valence-electron chi connectivity index (χ0n) is 79.3. The Balaban J connectivity index is 0.0000000989. The van der Waals surface area contributed by atoms with Crippen molar-refractivity contribution < 1.29 is 4.79 Å². The maximum absolute atomic E-state index is 11.9. The molecule has 16 heteroatoms. The molecule has 24 rings (SSSR count). The van der Waals surface area contributed by atoms with Crippen molar-refractivity contribution in [3.8, 4) is 0 Å². The van der Waals surface area contributed by atoms with Gasteiger partial charge in [-0.2, -0.15) is 0 Å². The molecule has 16 nitrogen and oxygen atoms in total. The minimum atomic E-state index is 0.281. The van der Waals surface area contributed by atoms with Gasteiger partial charge in [-0.15, -0.1) is 0 Å². The molecule has 1 amide bonds. The number of carbonyl (C=O) groups excluding carboxylic acids is 1. The minimum absolute atomic E-state index is 0.281. The highest BCUT2D eigenvalue weighted by Gasteiger charge is 2.64. The minimum Gasteiger partial charge on any atom is -0.372 e. The van der Waals surface area contributed by atoms with E-state index in [0.717, 1.165) is 113 Å². The lowest BCUT2D eigenvalue weighted by molar-refractivity contribution is -0.119. The lowest BCUT2D eigenvalue weighted by Gasteiger charge is -2.41. The second-order valence-electron chi connectivity index (χ2n) is 42.8. The molecule has 0 aromatic heterocycles. The van der Waals surface area contributed by atoms with Crippen LogP contribution in [-0.4, -0.2) is 275 Å². The SMILES string of the molecule is C=C1CCN(c2ccc(C34CC3CN(CC)C4)cc2)CC1.CCN1CC2CC2(c2ccc(N3CCN(CC)C(C)C3)cc2)C1.CCN1CCN(c2ccc(C34CC3CN(CC)C4)cc2)C(C)C1.CCN1CCN(c2ccc(C34CC3CN(CC)C4)cc2)CC1.O=C1CCCCN1c1ccc(C23CNCC2C3)cc1.c1cc(C23CNCC2C3)ccc1N1CCCCC1. The summed E-state index contributed by atoms with van der Waals surface area (Å²) in [7, 11) is 0. The van der Waals surface area contributed by atoms with Gasteiger partial charge < -0.3 is 64.5 Å². The van der Waals surface area contributed by atoms with Crippen LogP contribution in [0.1, 0.15) is 186 Å². The first-order valence-corrected chi connectivity index (χ1v) is 51.3. The van der Waals surface area contributed by atoms with Crippen LogP contribution in [-0.2, 0) is 37.3 Å². The summed E-state index contributed by atoms with van der Waals surface area (Å²) < 4.78 is 0.